The van der Waals surface area contributed by atoms with Gasteiger partial charge in [-0.3, -0.25) is 4.79 Å². The quantitative estimate of drug-likeness (QED) is 0.608. The lowest BCUT2D eigenvalue weighted by Crippen LogP contribution is -2.41. The number of halogens is 2. The fraction of sp³-hybridized carbons (Fsp3) is 0.360. The van der Waals surface area contributed by atoms with Crippen molar-refractivity contribution >= 4 is 28.5 Å². The van der Waals surface area contributed by atoms with Gasteiger partial charge in [-0.25, -0.2) is 13.6 Å². The van der Waals surface area contributed by atoms with E-state index >= 15 is 0 Å². The number of rotatable bonds is 4. The molecule has 0 amide bonds. The lowest BCUT2D eigenvalue weighted by molar-refractivity contribution is 0.0517. The number of carboxylic acid groups (broad SMARTS) is 1. The number of hydrogen-bond acceptors (Lipinski definition) is 6. The lowest BCUT2D eigenvalue weighted by Gasteiger charge is -2.32. The molecule has 34 heavy (non-hydrogen) atoms. The minimum absolute atomic E-state index is 0.0307. The van der Waals surface area contributed by atoms with Gasteiger partial charge in [0.05, 0.1) is 29.7 Å². The van der Waals surface area contributed by atoms with Gasteiger partial charge in [-0.1, -0.05) is 0 Å². The number of nitrogens with zero attached hydrogens (tertiary/aromatic N) is 2. The third-order valence-corrected chi connectivity index (χ3v) is 6.43. The van der Waals surface area contributed by atoms with Crippen LogP contribution in [0.4, 0.5) is 20.4 Å². The van der Waals surface area contributed by atoms with Gasteiger partial charge in [0.15, 0.2) is 11.3 Å². The third-order valence-electron chi connectivity index (χ3n) is 6.43. The van der Waals surface area contributed by atoms with Crippen molar-refractivity contribution in [3.63, 3.8) is 0 Å². The van der Waals surface area contributed by atoms with Crippen LogP contribution in [0.15, 0.2) is 45.6 Å². The Labute approximate surface area is 194 Å². The largest absolute Gasteiger partial charge is 0.478 e. The summed E-state index contributed by atoms with van der Waals surface area (Å²) in [5.74, 6) is -2.17. The Hall–Kier alpha value is -3.46. The smallest absolute Gasteiger partial charge is 0.335 e. The molecule has 2 aliphatic rings. The van der Waals surface area contributed by atoms with E-state index in [0.717, 1.165) is 12.5 Å². The summed E-state index contributed by atoms with van der Waals surface area (Å²) < 4.78 is 39.7. The number of benzene rings is 2. The summed E-state index contributed by atoms with van der Waals surface area (Å²) in [6.45, 7) is 4.06. The van der Waals surface area contributed by atoms with Gasteiger partial charge in [0.1, 0.15) is 17.2 Å². The molecule has 1 aromatic heterocycles. The molecule has 0 aliphatic carbocycles. The van der Waals surface area contributed by atoms with E-state index in [9.17, 15) is 23.5 Å². The number of morpholine rings is 1. The number of ether oxygens (including phenoxy) is 1. The predicted octanol–water partition coefficient (Wildman–Crippen LogP) is 4.34. The molecule has 0 spiro atoms. The van der Waals surface area contributed by atoms with Crippen molar-refractivity contribution in [1.82, 2.24) is 0 Å². The highest BCUT2D eigenvalue weighted by Gasteiger charge is 2.31. The molecular formula is C25H24F2N2O5. The molecule has 2 saturated heterocycles. The number of carbonyl (C=O) groups is 1. The molecule has 2 aromatic carbocycles. The maximum Gasteiger partial charge on any atom is 0.335 e. The molecular weight excluding hydrogens is 446 g/mol. The van der Waals surface area contributed by atoms with Crippen molar-refractivity contribution in [1.29, 1.82) is 0 Å². The van der Waals surface area contributed by atoms with E-state index in [1.165, 1.54) is 30.3 Å². The minimum Gasteiger partial charge on any atom is -0.478 e. The Balaban J connectivity index is 1.67. The van der Waals surface area contributed by atoms with Gasteiger partial charge in [0, 0.05) is 43.0 Å². The van der Waals surface area contributed by atoms with Crippen LogP contribution in [0.5, 0.6) is 0 Å². The second-order valence-corrected chi connectivity index (χ2v) is 8.80. The molecule has 2 atom stereocenters. The first-order valence-electron chi connectivity index (χ1n) is 11.2. The average Bonchev–Trinajstić information content (AvgIpc) is 3.27. The van der Waals surface area contributed by atoms with Crippen molar-refractivity contribution < 1.29 is 27.8 Å². The molecule has 0 bridgehead atoms. The molecule has 0 saturated carbocycles. The summed E-state index contributed by atoms with van der Waals surface area (Å²) in [5, 5.41) is 9.84. The van der Waals surface area contributed by atoms with Crippen LogP contribution in [0.2, 0.25) is 0 Å². The molecule has 178 valence electrons. The first-order valence-corrected chi connectivity index (χ1v) is 11.2. The fourth-order valence-electron chi connectivity index (χ4n) is 4.92. The first-order chi connectivity index (χ1) is 16.3. The summed E-state index contributed by atoms with van der Waals surface area (Å²) in [6, 6.07) is 7.10. The minimum atomic E-state index is -1.17. The molecule has 2 aliphatic heterocycles. The van der Waals surface area contributed by atoms with Crippen molar-refractivity contribution in [2.24, 2.45) is 0 Å². The van der Waals surface area contributed by atoms with E-state index in [2.05, 4.69) is 0 Å². The summed E-state index contributed by atoms with van der Waals surface area (Å²) in [7, 11) is 0. The van der Waals surface area contributed by atoms with Crippen LogP contribution in [-0.4, -0.2) is 43.4 Å². The zero-order chi connectivity index (χ0) is 24.0. The second kappa shape index (κ2) is 8.72. The maximum absolute atomic E-state index is 14.0. The van der Waals surface area contributed by atoms with Crippen LogP contribution in [0.3, 0.4) is 0 Å². The number of fused-ring (bicyclic) bond motifs is 1. The van der Waals surface area contributed by atoms with Crippen molar-refractivity contribution in [2.75, 3.05) is 36.0 Å². The number of carboxylic acids is 1. The Morgan fingerprint density at radius 2 is 1.85 bits per heavy atom. The summed E-state index contributed by atoms with van der Waals surface area (Å²) in [5.41, 5.74) is 0.771. The van der Waals surface area contributed by atoms with E-state index in [-0.39, 0.29) is 22.5 Å². The lowest BCUT2D eigenvalue weighted by atomic mass is 9.98. The molecule has 5 rings (SSSR count). The first kappa shape index (κ1) is 22.3. The molecule has 7 nitrogen and oxygen atoms in total. The van der Waals surface area contributed by atoms with Gasteiger partial charge >= 0.3 is 5.97 Å². The third kappa shape index (κ3) is 4.11. The Morgan fingerprint density at radius 3 is 2.56 bits per heavy atom. The molecule has 0 radical (unpaired) electrons. The molecule has 1 unspecified atom stereocenters. The Morgan fingerprint density at radius 1 is 1.09 bits per heavy atom. The van der Waals surface area contributed by atoms with E-state index in [4.69, 9.17) is 9.15 Å². The van der Waals surface area contributed by atoms with Crippen molar-refractivity contribution in [3.05, 3.63) is 69.4 Å². The highest BCUT2D eigenvalue weighted by molar-refractivity contribution is 5.94. The van der Waals surface area contributed by atoms with Crippen LogP contribution >= 0.6 is 0 Å². The van der Waals surface area contributed by atoms with E-state index in [0.29, 0.717) is 55.4 Å². The second-order valence-electron chi connectivity index (χ2n) is 8.80. The topological polar surface area (TPSA) is 83.2 Å². The van der Waals surface area contributed by atoms with Crippen LogP contribution in [0.25, 0.3) is 11.0 Å². The van der Waals surface area contributed by atoms with Crippen molar-refractivity contribution in [2.45, 2.75) is 31.9 Å². The van der Waals surface area contributed by atoms with E-state index in [1.807, 2.05) is 16.7 Å². The van der Waals surface area contributed by atoms with Crippen molar-refractivity contribution in [3.8, 4) is 0 Å². The molecule has 3 aromatic rings. The highest BCUT2D eigenvalue weighted by atomic mass is 19.1. The molecule has 3 heterocycles. The standard InChI is InChI=1S/C25H24F2N2O5/c1-14-13-28(5-6-33-14)23-12-22(30)20-8-15(25(31)32)7-19(24(20)34-23)21-3-2-4-29(21)18-10-16(26)9-17(27)11-18/h7-12,14,21H,2-6,13H2,1H3,(H,31,32)/t14-,21?/m1/s1. The Bertz CT molecular complexity index is 1300. The molecule has 9 heteroatoms. The van der Waals surface area contributed by atoms with E-state index < -0.39 is 23.6 Å². The SMILES string of the molecule is C[C@@H]1CN(c2cc(=O)c3cc(C(=O)O)cc(C4CCCN4c4cc(F)cc(F)c4)c3o2)CCO1. The summed E-state index contributed by atoms with van der Waals surface area (Å²) >= 11 is 0. The van der Waals surface area contributed by atoms with Gasteiger partial charge in [-0.05, 0) is 44.0 Å². The van der Waals surface area contributed by atoms with Crippen LogP contribution in [0.1, 0.15) is 41.7 Å². The number of anilines is 2. The monoisotopic (exact) mass is 470 g/mol. The number of aromatic carboxylic acids is 1. The Kier molecular flexibility index (Phi) is 5.73. The van der Waals surface area contributed by atoms with Gasteiger partial charge < -0.3 is 24.1 Å². The van der Waals surface area contributed by atoms with Gasteiger partial charge in [0.2, 0.25) is 0 Å². The predicted molar refractivity (Wildman–Crippen MR) is 123 cm³/mol. The van der Waals surface area contributed by atoms with Gasteiger partial charge in [-0.15, -0.1) is 0 Å². The summed E-state index contributed by atoms with van der Waals surface area (Å²) in [6.07, 6.45) is 1.31. The number of hydrogen-bond donors (Lipinski definition) is 1. The van der Waals surface area contributed by atoms with Crippen LogP contribution in [0, 0.1) is 11.6 Å². The molecule has 2 fully saturated rings. The van der Waals surface area contributed by atoms with Crippen LogP contribution in [-0.2, 0) is 4.74 Å². The normalized spacial score (nSPS) is 20.8. The highest BCUT2D eigenvalue weighted by Crippen LogP contribution is 2.40. The summed E-state index contributed by atoms with van der Waals surface area (Å²) in [4.78, 5) is 28.7. The van der Waals surface area contributed by atoms with Gasteiger partial charge in [0.25, 0.3) is 0 Å². The average molecular weight is 470 g/mol. The maximum atomic E-state index is 14.0. The molecule has 1 N–H and O–H groups in total. The van der Waals surface area contributed by atoms with Gasteiger partial charge in [-0.2, -0.15) is 0 Å². The van der Waals surface area contributed by atoms with E-state index in [1.54, 1.807) is 0 Å². The van der Waals surface area contributed by atoms with Crippen LogP contribution < -0.4 is 15.2 Å². The fourth-order valence-corrected chi connectivity index (χ4v) is 4.92. The zero-order valence-electron chi connectivity index (χ0n) is 18.6. The zero-order valence-corrected chi connectivity index (χ0v) is 18.6.